The predicted molar refractivity (Wildman–Crippen MR) is 153 cm³/mol. The Labute approximate surface area is 227 Å². The number of aryl methyl sites for hydroxylation is 1. The Balaban J connectivity index is 1.96. The molecule has 1 aliphatic heterocycles. The summed E-state index contributed by atoms with van der Waals surface area (Å²) in [6.07, 6.45) is 1.32. The molecule has 0 spiro atoms. The van der Waals surface area contributed by atoms with Crippen molar-refractivity contribution in [3.05, 3.63) is 65.0 Å². The Morgan fingerprint density at radius 2 is 1.79 bits per heavy atom. The summed E-state index contributed by atoms with van der Waals surface area (Å²) in [5.41, 5.74) is 4.87. The second kappa shape index (κ2) is 12.0. The first-order chi connectivity index (χ1) is 18.7. The SMILES string of the molecule is CCC[N+](C)=c1ccc2c(-c3ccc(OCCCC(=O)O)cc3C(=O)O)c3cc(C)c(NCC)cc3oc-2c1. The number of hydrogen-bond donors (Lipinski definition) is 3. The van der Waals surface area contributed by atoms with Gasteiger partial charge in [-0.05, 0) is 61.7 Å². The summed E-state index contributed by atoms with van der Waals surface area (Å²) in [7, 11) is 2.04. The van der Waals surface area contributed by atoms with Gasteiger partial charge in [-0.15, -0.1) is 0 Å². The number of anilines is 1. The van der Waals surface area contributed by atoms with Crippen LogP contribution in [0.4, 0.5) is 5.69 Å². The van der Waals surface area contributed by atoms with Crippen LogP contribution in [-0.4, -0.2) is 48.9 Å². The number of carboxylic acids is 2. The van der Waals surface area contributed by atoms with Gasteiger partial charge in [0.15, 0.2) is 0 Å². The number of aliphatic carboxylic acids is 1. The lowest BCUT2D eigenvalue weighted by atomic mass is 9.90. The largest absolute Gasteiger partial charge is 0.494 e. The van der Waals surface area contributed by atoms with Crippen molar-refractivity contribution < 1.29 is 29.0 Å². The molecule has 204 valence electrons. The van der Waals surface area contributed by atoms with Crippen molar-refractivity contribution in [2.24, 2.45) is 0 Å². The number of rotatable bonds is 11. The van der Waals surface area contributed by atoms with E-state index in [1.807, 2.05) is 51.2 Å². The first kappa shape index (κ1) is 27.7. The molecule has 1 aliphatic carbocycles. The van der Waals surface area contributed by atoms with Crippen LogP contribution in [0, 0.1) is 6.92 Å². The van der Waals surface area contributed by atoms with Crippen molar-refractivity contribution in [1.29, 1.82) is 0 Å². The Morgan fingerprint density at radius 3 is 2.49 bits per heavy atom. The molecular formula is C31H35N2O6+. The van der Waals surface area contributed by atoms with E-state index in [4.69, 9.17) is 14.3 Å². The molecule has 2 aromatic rings. The summed E-state index contributed by atoms with van der Waals surface area (Å²) < 4.78 is 14.3. The standard InChI is InChI=1S/C31H34N2O6/c1-5-13-33(4)20-9-11-23-27(16-20)39-28-18-26(32-6-2)19(3)15-25(28)30(23)22-12-10-21(17-24(22)31(36)37)38-14-7-8-29(34)35/h9-12,15-18H,5-8,13-14H2,1-4H3,(H2,34,35,36,37)/p+1. The number of fused-ring (bicyclic) bond motifs is 2. The average molecular weight is 532 g/mol. The lowest BCUT2D eigenvalue weighted by molar-refractivity contribution is -0.137. The first-order valence-electron chi connectivity index (χ1n) is 13.2. The smallest absolute Gasteiger partial charge is 0.336 e. The highest BCUT2D eigenvalue weighted by atomic mass is 16.5. The maximum absolute atomic E-state index is 12.5. The van der Waals surface area contributed by atoms with Crippen molar-refractivity contribution in [3.8, 4) is 28.2 Å². The fraction of sp³-hybridized carbons (Fsp3) is 0.323. The zero-order valence-corrected chi connectivity index (χ0v) is 22.8. The molecule has 2 aliphatic rings. The third-order valence-electron chi connectivity index (χ3n) is 6.71. The lowest BCUT2D eigenvalue weighted by Crippen LogP contribution is -2.26. The molecule has 0 bridgehead atoms. The van der Waals surface area contributed by atoms with E-state index >= 15 is 0 Å². The molecule has 3 N–H and O–H groups in total. The van der Waals surface area contributed by atoms with Crippen LogP contribution in [0.15, 0.2) is 52.9 Å². The van der Waals surface area contributed by atoms with Crippen LogP contribution in [0.1, 0.15) is 49.0 Å². The maximum atomic E-state index is 12.5. The summed E-state index contributed by atoms with van der Waals surface area (Å²) in [6.45, 7) is 8.02. The summed E-state index contributed by atoms with van der Waals surface area (Å²) in [5.74, 6) is -0.937. The molecule has 0 saturated carbocycles. The highest BCUT2D eigenvalue weighted by Gasteiger charge is 2.23. The van der Waals surface area contributed by atoms with Crippen LogP contribution < -0.4 is 20.0 Å². The second-order valence-corrected chi connectivity index (χ2v) is 9.63. The minimum Gasteiger partial charge on any atom is -0.494 e. The van der Waals surface area contributed by atoms with Crippen LogP contribution >= 0.6 is 0 Å². The van der Waals surface area contributed by atoms with Crippen molar-refractivity contribution in [3.63, 3.8) is 0 Å². The van der Waals surface area contributed by atoms with Crippen molar-refractivity contribution in [2.75, 3.05) is 32.1 Å². The molecule has 0 aromatic heterocycles. The molecule has 0 atom stereocenters. The summed E-state index contributed by atoms with van der Waals surface area (Å²) in [6, 6.07) is 15.0. The summed E-state index contributed by atoms with van der Waals surface area (Å²) >= 11 is 0. The first-order valence-corrected chi connectivity index (χ1v) is 13.2. The number of hydrogen-bond acceptors (Lipinski definition) is 5. The van der Waals surface area contributed by atoms with Gasteiger partial charge in [0, 0.05) is 53.7 Å². The Hall–Kier alpha value is -4.33. The number of aromatic carboxylic acids is 1. The van der Waals surface area contributed by atoms with Crippen LogP contribution in [0.2, 0.25) is 0 Å². The number of benzene rings is 3. The number of carboxylic acid groups (broad SMARTS) is 2. The van der Waals surface area contributed by atoms with Crippen LogP contribution in [0.5, 0.6) is 5.75 Å². The highest BCUT2D eigenvalue weighted by molar-refractivity contribution is 6.08. The highest BCUT2D eigenvalue weighted by Crippen LogP contribution is 2.43. The normalized spacial score (nSPS) is 12.0. The molecule has 39 heavy (non-hydrogen) atoms. The van der Waals surface area contributed by atoms with Gasteiger partial charge in [-0.3, -0.25) is 4.79 Å². The van der Waals surface area contributed by atoms with E-state index in [1.165, 1.54) is 6.07 Å². The van der Waals surface area contributed by atoms with Gasteiger partial charge in [0.25, 0.3) is 0 Å². The van der Waals surface area contributed by atoms with Gasteiger partial charge in [0.05, 0.1) is 18.2 Å². The van der Waals surface area contributed by atoms with Gasteiger partial charge in [-0.25, -0.2) is 9.37 Å². The molecule has 1 heterocycles. The summed E-state index contributed by atoms with van der Waals surface area (Å²) in [5, 5.41) is 24.3. The van der Waals surface area contributed by atoms with E-state index in [-0.39, 0.29) is 18.6 Å². The van der Waals surface area contributed by atoms with Crippen molar-refractivity contribution >= 4 is 28.6 Å². The molecule has 0 amide bonds. The lowest BCUT2D eigenvalue weighted by Gasteiger charge is -2.19. The van der Waals surface area contributed by atoms with Gasteiger partial charge < -0.3 is 24.7 Å². The molecule has 0 saturated heterocycles. The third kappa shape index (κ3) is 6.06. The Bertz CT molecular complexity index is 1570. The minimum absolute atomic E-state index is 0.0149. The fourth-order valence-electron chi connectivity index (χ4n) is 4.83. The molecule has 0 radical (unpaired) electrons. The van der Waals surface area contributed by atoms with Crippen molar-refractivity contribution in [2.45, 2.75) is 40.0 Å². The van der Waals surface area contributed by atoms with Gasteiger partial charge in [-0.2, -0.15) is 0 Å². The zero-order chi connectivity index (χ0) is 28.1. The molecule has 0 fully saturated rings. The molecule has 8 nitrogen and oxygen atoms in total. The van der Waals surface area contributed by atoms with Crippen molar-refractivity contribution in [1.82, 2.24) is 4.58 Å². The minimum atomic E-state index is -1.08. The number of nitrogens with one attached hydrogen (secondary N) is 1. The van der Waals surface area contributed by atoms with E-state index in [9.17, 15) is 14.7 Å². The average Bonchev–Trinajstić information content (AvgIpc) is 2.90. The summed E-state index contributed by atoms with van der Waals surface area (Å²) in [4.78, 5) is 23.3. The van der Waals surface area contributed by atoms with E-state index in [1.54, 1.807) is 12.1 Å². The zero-order valence-electron chi connectivity index (χ0n) is 22.8. The van der Waals surface area contributed by atoms with Gasteiger partial charge in [0.1, 0.15) is 30.7 Å². The van der Waals surface area contributed by atoms with E-state index < -0.39 is 11.9 Å². The predicted octanol–water partition coefficient (Wildman–Crippen LogP) is 5.70. The molecule has 4 rings (SSSR count). The molecule has 0 unspecified atom stereocenters. The number of nitrogens with zero attached hydrogens (tertiary/aromatic N) is 1. The topological polar surface area (TPSA) is 112 Å². The van der Waals surface area contributed by atoms with E-state index in [0.29, 0.717) is 29.1 Å². The second-order valence-electron chi connectivity index (χ2n) is 9.63. The third-order valence-corrected chi connectivity index (χ3v) is 6.71. The molecule has 8 heteroatoms. The monoisotopic (exact) mass is 531 g/mol. The van der Waals surface area contributed by atoms with Crippen LogP contribution in [0.25, 0.3) is 33.4 Å². The van der Waals surface area contributed by atoms with Gasteiger partial charge in [0.2, 0.25) is 5.36 Å². The quantitative estimate of drug-likeness (QED) is 0.129. The fourth-order valence-corrected chi connectivity index (χ4v) is 4.83. The van der Waals surface area contributed by atoms with Gasteiger partial charge >= 0.3 is 11.9 Å². The number of carbonyl (C=O) groups is 2. The van der Waals surface area contributed by atoms with Gasteiger partial charge in [-0.1, -0.05) is 6.92 Å². The van der Waals surface area contributed by atoms with E-state index in [2.05, 4.69) is 16.8 Å². The Kier molecular flexibility index (Phi) is 8.54. The molecule has 2 aromatic carbocycles. The van der Waals surface area contributed by atoms with Crippen LogP contribution in [0.3, 0.4) is 0 Å². The Morgan fingerprint density at radius 1 is 1.03 bits per heavy atom. The van der Waals surface area contributed by atoms with Crippen LogP contribution in [-0.2, 0) is 4.79 Å². The number of ether oxygens (including phenoxy) is 1. The maximum Gasteiger partial charge on any atom is 0.336 e. The van der Waals surface area contributed by atoms with E-state index in [0.717, 1.165) is 52.6 Å². The molecular weight excluding hydrogens is 496 g/mol.